The Morgan fingerprint density at radius 3 is 2.65 bits per heavy atom. The van der Waals surface area contributed by atoms with Crippen molar-refractivity contribution in [3.05, 3.63) is 58.9 Å². The Balaban J connectivity index is 2.26. The van der Waals surface area contributed by atoms with Gasteiger partial charge < -0.3 is 4.90 Å². The van der Waals surface area contributed by atoms with Gasteiger partial charge >= 0.3 is 0 Å². The molecular weight excluding hydrogens is 272 g/mol. The summed E-state index contributed by atoms with van der Waals surface area (Å²) in [6.07, 6.45) is 1.78. The van der Waals surface area contributed by atoms with Crippen molar-refractivity contribution < 1.29 is 4.79 Å². The molecule has 20 heavy (non-hydrogen) atoms. The molecule has 0 aliphatic rings. The van der Waals surface area contributed by atoms with E-state index in [-0.39, 0.29) is 5.78 Å². The van der Waals surface area contributed by atoms with Gasteiger partial charge in [0, 0.05) is 18.3 Å². The van der Waals surface area contributed by atoms with Crippen LogP contribution >= 0.6 is 11.6 Å². The molecule has 0 atom stereocenters. The number of pyridine rings is 1. The largest absolute Gasteiger partial charge is 0.365 e. The first-order chi connectivity index (χ1) is 9.61. The SMILES string of the molecule is CCN(Cc1ccccn1)c1ccc(C(C)=O)cc1Cl. The number of benzene rings is 1. The van der Waals surface area contributed by atoms with Crippen molar-refractivity contribution in [2.24, 2.45) is 0 Å². The molecule has 1 heterocycles. The van der Waals surface area contributed by atoms with Crippen molar-refractivity contribution in [3.63, 3.8) is 0 Å². The van der Waals surface area contributed by atoms with Gasteiger partial charge in [-0.05, 0) is 44.2 Å². The fraction of sp³-hybridized carbons (Fsp3) is 0.250. The molecule has 0 saturated carbocycles. The summed E-state index contributed by atoms with van der Waals surface area (Å²) in [6.45, 7) is 5.11. The van der Waals surface area contributed by atoms with E-state index in [0.717, 1.165) is 17.9 Å². The van der Waals surface area contributed by atoms with Gasteiger partial charge in [-0.1, -0.05) is 17.7 Å². The number of halogens is 1. The molecule has 0 fully saturated rings. The molecule has 0 aliphatic carbocycles. The quantitative estimate of drug-likeness (QED) is 0.781. The number of nitrogens with zero attached hydrogens (tertiary/aromatic N) is 2. The maximum absolute atomic E-state index is 11.4. The molecule has 0 amide bonds. The van der Waals surface area contributed by atoms with E-state index >= 15 is 0 Å². The molecule has 0 bridgehead atoms. The van der Waals surface area contributed by atoms with Crippen LogP contribution in [0.3, 0.4) is 0 Å². The van der Waals surface area contributed by atoms with Gasteiger partial charge in [0.15, 0.2) is 5.78 Å². The lowest BCUT2D eigenvalue weighted by atomic mass is 10.1. The van der Waals surface area contributed by atoms with E-state index in [1.807, 2.05) is 30.3 Å². The molecule has 0 radical (unpaired) electrons. The second-order valence-corrected chi connectivity index (χ2v) is 4.96. The van der Waals surface area contributed by atoms with E-state index in [4.69, 9.17) is 11.6 Å². The summed E-state index contributed by atoms with van der Waals surface area (Å²) < 4.78 is 0. The maximum atomic E-state index is 11.4. The van der Waals surface area contributed by atoms with Crippen LogP contribution < -0.4 is 4.90 Å². The van der Waals surface area contributed by atoms with Crippen LogP contribution in [0.1, 0.15) is 29.9 Å². The Morgan fingerprint density at radius 1 is 1.30 bits per heavy atom. The fourth-order valence-corrected chi connectivity index (χ4v) is 2.34. The predicted octanol–water partition coefficient (Wildman–Crippen LogP) is 3.96. The topological polar surface area (TPSA) is 33.2 Å². The van der Waals surface area contributed by atoms with Gasteiger partial charge in [-0.25, -0.2) is 0 Å². The molecule has 0 N–H and O–H groups in total. The van der Waals surface area contributed by atoms with Gasteiger partial charge in [0.1, 0.15) is 0 Å². The summed E-state index contributed by atoms with van der Waals surface area (Å²) in [4.78, 5) is 17.8. The number of ketones is 1. The third-order valence-electron chi connectivity index (χ3n) is 3.16. The van der Waals surface area contributed by atoms with Gasteiger partial charge in [0.25, 0.3) is 0 Å². The third-order valence-corrected chi connectivity index (χ3v) is 3.46. The van der Waals surface area contributed by atoms with E-state index in [0.29, 0.717) is 17.1 Å². The Labute approximate surface area is 124 Å². The van der Waals surface area contributed by atoms with Crippen LogP contribution in [-0.2, 0) is 6.54 Å². The third kappa shape index (κ3) is 3.36. The number of carbonyl (C=O) groups excluding carboxylic acids is 1. The smallest absolute Gasteiger partial charge is 0.159 e. The van der Waals surface area contributed by atoms with Crippen molar-refractivity contribution in [1.29, 1.82) is 0 Å². The first kappa shape index (κ1) is 14.5. The lowest BCUT2D eigenvalue weighted by molar-refractivity contribution is 0.101. The van der Waals surface area contributed by atoms with Gasteiger partial charge in [-0.2, -0.15) is 0 Å². The summed E-state index contributed by atoms with van der Waals surface area (Å²) in [5, 5.41) is 0.593. The Hall–Kier alpha value is -1.87. The minimum absolute atomic E-state index is 0.0197. The average molecular weight is 289 g/mol. The molecule has 2 rings (SSSR count). The Bertz CT molecular complexity index is 599. The van der Waals surface area contributed by atoms with Crippen molar-refractivity contribution in [2.75, 3.05) is 11.4 Å². The zero-order valence-electron chi connectivity index (χ0n) is 11.6. The van der Waals surface area contributed by atoms with Crippen molar-refractivity contribution in [1.82, 2.24) is 4.98 Å². The fourth-order valence-electron chi connectivity index (χ4n) is 2.04. The summed E-state index contributed by atoms with van der Waals surface area (Å²) in [6, 6.07) is 11.3. The number of rotatable bonds is 5. The van der Waals surface area contributed by atoms with Crippen molar-refractivity contribution in [3.8, 4) is 0 Å². The molecular formula is C16H17ClN2O. The highest BCUT2D eigenvalue weighted by atomic mass is 35.5. The van der Waals surface area contributed by atoms with Gasteiger partial charge in [0.05, 0.1) is 22.9 Å². The molecule has 0 unspecified atom stereocenters. The first-order valence-corrected chi connectivity index (χ1v) is 6.95. The van der Waals surface area contributed by atoms with E-state index in [2.05, 4.69) is 16.8 Å². The molecule has 0 saturated heterocycles. The van der Waals surface area contributed by atoms with Crippen LogP contribution in [0.5, 0.6) is 0 Å². The van der Waals surface area contributed by atoms with E-state index < -0.39 is 0 Å². The van der Waals surface area contributed by atoms with Crippen LogP contribution in [0.2, 0.25) is 5.02 Å². The van der Waals surface area contributed by atoms with Crippen LogP contribution in [0, 0.1) is 0 Å². The minimum Gasteiger partial charge on any atom is -0.365 e. The Kier molecular flexibility index (Phi) is 4.74. The van der Waals surface area contributed by atoms with Crippen molar-refractivity contribution >= 4 is 23.1 Å². The lowest BCUT2D eigenvalue weighted by Gasteiger charge is -2.24. The zero-order valence-corrected chi connectivity index (χ0v) is 12.4. The molecule has 4 heteroatoms. The summed E-state index contributed by atoms with van der Waals surface area (Å²) >= 11 is 6.30. The zero-order chi connectivity index (χ0) is 14.5. The highest BCUT2D eigenvalue weighted by molar-refractivity contribution is 6.33. The molecule has 0 aliphatic heterocycles. The van der Waals surface area contributed by atoms with Gasteiger partial charge in [-0.3, -0.25) is 9.78 Å². The summed E-state index contributed by atoms with van der Waals surface area (Å²) in [7, 11) is 0. The van der Waals surface area contributed by atoms with E-state index in [1.54, 1.807) is 12.3 Å². The van der Waals surface area contributed by atoms with Gasteiger partial charge in [-0.15, -0.1) is 0 Å². The van der Waals surface area contributed by atoms with Gasteiger partial charge in [0.2, 0.25) is 0 Å². The lowest BCUT2D eigenvalue weighted by Crippen LogP contribution is -2.23. The van der Waals surface area contributed by atoms with E-state index in [1.165, 1.54) is 6.92 Å². The second-order valence-electron chi connectivity index (χ2n) is 4.56. The normalized spacial score (nSPS) is 10.3. The number of Topliss-reactive ketones (excluding diaryl/α,β-unsaturated/α-hetero) is 1. The second kappa shape index (κ2) is 6.53. The number of anilines is 1. The standard InChI is InChI=1S/C16H17ClN2O/c1-3-19(11-14-6-4-5-9-18-14)16-8-7-13(12(2)20)10-15(16)17/h4-10H,3,11H2,1-2H3. The molecule has 1 aromatic carbocycles. The Morgan fingerprint density at radius 2 is 2.10 bits per heavy atom. The molecule has 2 aromatic rings. The van der Waals surface area contributed by atoms with Crippen LogP contribution in [0.15, 0.2) is 42.6 Å². The molecule has 0 spiro atoms. The monoisotopic (exact) mass is 288 g/mol. The predicted molar refractivity (Wildman–Crippen MR) is 82.4 cm³/mol. The van der Waals surface area contributed by atoms with Crippen LogP contribution in [0.4, 0.5) is 5.69 Å². The number of hydrogen-bond acceptors (Lipinski definition) is 3. The number of carbonyl (C=O) groups is 1. The van der Waals surface area contributed by atoms with Crippen LogP contribution in [-0.4, -0.2) is 17.3 Å². The minimum atomic E-state index is 0.0197. The average Bonchev–Trinajstić information content (AvgIpc) is 2.46. The molecule has 3 nitrogen and oxygen atoms in total. The highest BCUT2D eigenvalue weighted by Gasteiger charge is 2.11. The highest BCUT2D eigenvalue weighted by Crippen LogP contribution is 2.28. The first-order valence-electron chi connectivity index (χ1n) is 6.57. The summed E-state index contributed by atoms with van der Waals surface area (Å²) in [5.74, 6) is 0.0197. The maximum Gasteiger partial charge on any atom is 0.159 e. The number of hydrogen-bond donors (Lipinski definition) is 0. The molecule has 104 valence electrons. The van der Waals surface area contributed by atoms with Crippen molar-refractivity contribution in [2.45, 2.75) is 20.4 Å². The van der Waals surface area contributed by atoms with E-state index in [9.17, 15) is 4.79 Å². The summed E-state index contributed by atoms with van der Waals surface area (Å²) in [5.41, 5.74) is 2.54. The van der Waals surface area contributed by atoms with Crippen LogP contribution in [0.25, 0.3) is 0 Å². The molecule has 1 aromatic heterocycles. The number of aromatic nitrogens is 1.